The molecule has 0 radical (unpaired) electrons. The van der Waals surface area contributed by atoms with Crippen molar-refractivity contribution >= 4 is 34.7 Å². The predicted molar refractivity (Wildman–Crippen MR) is 136 cm³/mol. The zero-order valence-corrected chi connectivity index (χ0v) is 22.3. The maximum atomic E-state index is 13.3. The quantitative estimate of drug-likeness (QED) is 0.330. The van der Waals surface area contributed by atoms with E-state index in [-0.39, 0.29) is 31.8 Å². The highest BCUT2D eigenvalue weighted by molar-refractivity contribution is 7.13. The number of benzene rings is 1. The van der Waals surface area contributed by atoms with Crippen LogP contribution >= 0.6 is 11.3 Å². The van der Waals surface area contributed by atoms with E-state index in [0.717, 1.165) is 10.6 Å². The Morgan fingerprint density at radius 2 is 1.76 bits per heavy atom. The third-order valence-corrected chi connectivity index (χ3v) is 6.98. The Morgan fingerprint density at radius 1 is 1.08 bits per heavy atom. The molecule has 4 atom stereocenters. The molecule has 0 aliphatic carbocycles. The van der Waals surface area contributed by atoms with Crippen LogP contribution in [0.15, 0.2) is 36.5 Å². The molecule has 10 nitrogen and oxygen atoms in total. The zero-order chi connectivity index (χ0) is 27.0. The Hall–Kier alpha value is -2.99. The Labute approximate surface area is 220 Å². The summed E-state index contributed by atoms with van der Waals surface area (Å²) in [5, 5.41) is 6.21. The summed E-state index contributed by atoms with van der Waals surface area (Å²) in [6, 6.07) is 7.54. The van der Waals surface area contributed by atoms with Crippen LogP contribution in [0, 0.1) is 12.8 Å². The Bertz CT molecular complexity index is 1100. The van der Waals surface area contributed by atoms with Crippen molar-refractivity contribution in [2.45, 2.75) is 44.4 Å². The fourth-order valence-corrected chi connectivity index (χ4v) is 4.54. The molecule has 2 heterocycles. The number of thiazole rings is 1. The number of amides is 2. The van der Waals surface area contributed by atoms with E-state index in [9.17, 15) is 19.2 Å². The van der Waals surface area contributed by atoms with Crippen molar-refractivity contribution in [2.75, 3.05) is 34.0 Å². The average Bonchev–Trinajstić information content (AvgIpc) is 3.48. The molecule has 0 unspecified atom stereocenters. The SMILES string of the molecule is COC[C@@H](CC(=O)[C@H](COC)NC(=O)c1cnc(C)s1)C(=O)N[C@@H](Cc1ccccc1)C(=O)[C@@]1(C)CO1. The van der Waals surface area contributed by atoms with E-state index in [1.54, 1.807) is 13.8 Å². The van der Waals surface area contributed by atoms with Gasteiger partial charge in [-0.05, 0) is 25.8 Å². The van der Waals surface area contributed by atoms with Crippen LogP contribution in [0.5, 0.6) is 0 Å². The highest BCUT2D eigenvalue weighted by Gasteiger charge is 2.50. The number of hydrogen-bond acceptors (Lipinski definition) is 9. The van der Waals surface area contributed by atoms with E-state index in [2.05, 4.69) is 15.6 Å². The predicted octanol–water partition coefficient (Wildman–Crippen LogP) is 1.50. The molecule has 11 heteroatoms. The minimum absolute atomic E-state index is 0.0424. The fourth-order valence-electron chi connectivity index (χ4n) is 3.86. The van der Waals surface area contributed by atoms with E-state index < -0.39 is 41.2 Å². The van der Waals surface area contributed by atoms with Gasteiger partial charge in [0.1, 0.15) is 16.5 Å². The lowest BCUT2D eigenvalue weighted by atomic mass is 9.93. The van der Waals surface area contributed by atoms with Gasteiger partial charge in [0, 0.05) is 20.6 Å². The summed E-state index contributed by atoms with van der Waals surface area (Å²) in [6.07, 6.45) is 1.52. The van der Waals surface area contributed by atoms with Gasteiger partial charge in [0.15, 0.2) is 11.6 Å². The van der Waals surface area contributed by atoms with Crippen LogP contribution in [0.3, 0.4) is 0 Å². The number of carbonyl (C=O) groups excluding carboxylic acids is 4. The molecule has 2 N–H and O–H groups in total. The number of aryl methyl sites for hydroxylation is 1. The molecule has 200 valence electrons. The molecular weight excluding hydrogens is 498 g/mol. The van der Waals surface area contributed by atoms with Gasteiger partial charge in [0.05, 0.1) is 43.0 Å². The van der Waals surface area contributed by atoms with Gasteiger partial charge in [-0.2, -0.15) is 0 Å². The number of aromatic nitrogens is 1. The number of hydrogen-bond donors (Lipinski definition) is 2. The summed E-state index contributed by atoms with van der Waals surface area (Å²) in [6.45, 7) is 3.66. The van der Waals surface area contributed by atoms with Crippen molar-refractivity contribution in [2.24, 2.45) is 5.92 Å². The zero-order valence-electron chi connectivity index (χ0n) is 21.4. The lowest BCUT2D eigenvalue weighted by Crippen LogP contribution is -2.51. The van der Waals surface area contributed by atoms with Crippen LogP contribution < -0.4 is 10.6 Å². The van der Waals surface area contributed by atoms with Crippen molar-refractivity contribution < 1.29 is 33.4 Å². The average molecular weight is 532 g/mol. The molecule has 1 aliphatic heterocycles. The summed E-state index contributed by atoms with van der Waals surface area (Å²) in [4.78, 5) is 56.6. The molecule has 37 heavy (non-hydrogen) atoms. The maximum Gasteiger partial charge on any atom is 0.263 e. The summed E-state index contributed by atoms with van der Waals surface area (Å²) >= 11 is 1.21. The summed E-state index contributed by atoms with van der Waals surface area (Å²) < 4.78 is 15.7. The van der Waals surface area contributed by atoms with Gasteiger partial charge in [-0.3, -0.25) is 19.2 Å². The molecule has 1 aliphatic rings. The van der Waals surface area contributed by atoms with E-state index in [1.165, 1.54) is 31.8 Å². The highest BCUT2D eigenvalue weighted by atomic mass is 32.1. The molecule has 1 aromatic carbocycles. The number of Topliss-reactive ketones (excluding diaryl/α,β-unsaturated/α-hetero) is 2. The first kappa shape index (κ1) is 28.6. The van der Waals surface area contributed by atoms with Crippen molar-refractivity contribution in [3.8, 4) is 0 Å². The third kappa shape index (κ3) is 8.00. The van der Waals surface area contributed by atoms with E-state index in [1.807, 2.05) is 30.3 Å². The van der Waals surface area contributed by atoms with Gasteiger partial charge < -0.3 is 24.8 Å². The lowest BCUT2D eigenvalue weighted by molar-refractivity contribution is -0.135. The molecule has 0 spiro atoms. The Morgan fingerprint density at radius 3 is 2.32 bits per heavy atom. The minimum atomic E-state index is -0.965. The first-order valence-corrected chi connectivity index (χ1v) is 12.7. The van der Waals surface area contributed by atoms with Crippen LogP contribution in [-0.4, -0.2) is 80.1 Å². The molecular formula is C26H33N3O7S. The summed E-state index contributed by atoms with van der Waals surface area (Å²) in [7, 11) is 2.85. The van der Waals surface area contributed by atoms with Crippen molar-refractivity contribution in [1.29, 1.82) is 0 Å². The molecule has 1 fully saturated rings. The largest absolute Gasteiger partial charge is 0.384 e. The molecule has 2 aromatic rings. The molecule has 3 rings (SSSR count). The Balaban J connectivity index is 1.70. The van der Waals surface area contributed by atoms with Crippen molar-refractivity contribution in [3.63, 3.8) is 0 Å². The van der Waals surface area contributed by atoms with Crippen molar-refractivity contribution in [3.05, 3.63) is 52.0 Å². The smallest absolute Gasteiger partial charge is 0.263 e. The third-order valence-electron chi connectivity index (χ3n) is 6.07. The van der Waals surface area contributed by atoms with Crippen molar-refractivity contribution in [1.82, 2.24) is 15.6 Å². The number of ketones is 2. The van der Waals surface area contributed by atoms with Crippen LogP contribution in [-0.2, 0) is 35.0 Å². The number of nitrogens with one attached hydrogen (secondary N) is 2. The lowest BCUT2D eigenvalue weighted by Gasteiger charge is -2.24. The summed E-state index contributed by atoms with van der Waals surface area (Å²) in [5.74, 6) is -2.43. The Kier molecular flexibility index (Phi) is 10.0. The highest BCUT2D eigenvalue weighted by Crippen LogP contribution is 2.29. The molecule has 2 amide bonds. The summed E-state index contributed by atoms with van der Waals surface area (Å²) in [5.41, 5.74) is -0.0479. The van der Waals surface area contributed by atoms with E-state index in [4.69, 9.17) is 14.2 Å². The van der Waals surface area contributed by atoms with E-state index >= 15 is 0 Å². The first-order valence-electron chi connectivity index (χ1n) is 11.9. The van der Waals surface area contributed by atoms with Gasteiger partial charge in [-0.15, -0.1) is 11.3 Å². The van der Waals surface area contributed by atoms with E-state index in [0.29, 0.717) is 11.5 Å². The monoisotopic (exact) mass is 531 g/mol. The normalized spacial score (nSPS) is 18.9. The molecule has 1 aromatic heterocycles. The molecule has 0 bridgehead atoms. The van der Waals surface area contributed by atoms with Crippen LogP contribution in [0.2, 0.25) is 0 Å². The standard InChI is InChI=1S/C26H33N3O7S/c1-16-27-12-22(37-16)25(33)29-20(14-35-4)21(30)11-18(13-34-3)24(32)28-19(23(31)26(2)15-36-26)10-17-8-6-5-7-9-17/h5-9,12,18-20H,10-11,13-15H2,1-4H3,(H,28,32)(H,29,33)/t18-,19+,20+,26-/m1/s1. The van der Waals surface area contributed by atoms with Crippen LogP contribution in [0.25, 0.3) is 0 Å². The second kappa shape index (κ2) is 13.0. The van der Waals surface area contributed by atoms with Gasteiger partial charge >= 0.3 is 0 Å². The number of rotatable bonds is 15. The second-order valence-electron chi connectivity index (χ2n) is 9.18. The van der Waals surface area contributed by atoms with Gasteiger partial charge in [0.2, 0.25) is 5.91 Å². The maximum absolute atomic E-state index is 13.3. The number of methoxy groups -OCH3 is 2. The topological polar surface area (TPSA) is 136 Å². The number of carbonyl (C=O) groups is 4. The fraction of sp³-hybridized carbons (Fsp3) is 0.500. The minimum Gasteiger partial charge on any atom is -0.384 e. The molecule has 1 saturated heterocycles. The van der Waals surface area contributed by atoms with Crippen LogP contribution in [0.4, 0.5) is 0 Å². The number of nitrogens with zero attached hydrogens (tertiary/aromatic N) is 1. The first-order chi connectivity index (χ1) is 17.7. The molecule has 0 saturated carbocycles. The number of epoxide rings is 1. The van der Waals surface area contributed by atoms with Gasteiger partial charge in [0.25, 0.3) is 5.91 Å². The van der Waals surface area contributed by atoms with Gasteiger partial charge in [-0.25, -0.2) is 4.98 Å². The van der Waals surface area contributed by atoms with Crippen LogP contribution in [0.1, 0.15) is 33.6 Å². The second-order valence-corrected chi connectivity index (χ2v) is 10.4. The van der Waals surface area contributed by atoms with Gasteiger partial charge in [-0.1, -0.05) is 30.3 Å². The number of ether oxygens (including phenoxy) is 3.